The second kappa shape index (κ2) is 9.62. The Kier molecular flexibility index (Phi) is 8.17. The molecule has 0 saturated heterocycles. The molecule has 2 N–H and O–H groups in total. The van der Waals surface area contributed by atoms with Gasteiger partial charge in [-0.1, -0.05) is 43.3 Å². The molecule has 120 valence electrons. The Morgan fingerprint density at radius 2 is 1.91 bits per heavy atom. The van der Waals surface area contributed by atoms with Crippen molar-refractivity contribution in [1.82, 2.24) is 10.6 Å². The molecule has 1 heterocycles. The molecule has 0 fully saturated rings. The zero-order chi connectivity index (χ0) is 15.1. The third-order valence-electron chi connectivity index (χ3n) is 3.44. The summed E-state index contributed by atoms with van der Waals surface area (Å²) in [6.45, 7) is 2.63. The molecule has 2 unspecified atom stereocenters. The van der Waals surface area contributed by atoms with Gasteiger partial charge in [0, 0.05) is 17.3 Å². The van der Waals surface area contributed by atoms with Crippen molar-refractivity contribution in [3.05, 3.63) is 58.3 Å². The molecular formula is C17H23ClN2OS. The molecule has 0 radical (unpaired) electrons. The smallest absolute Gasteiger partial charge is 0.224 e. The SMILES string of the molecule is CNCC(C)C(=O)NC(Cc1ccccc1)c1cccs1.Cl. The van der Waals surface area contributed by atoms with Gasteiger partial charge in [-0.15, -0.1) is 23.7 Å². The van der Waals surface area contributed by atoms with Crippen molar-refractivity contribution in [2.45, 2.75) is 19.4 Å². The number of hydrogen-bond acceptors (Lipinski definition) is 3. The number of carbonyl (C=O) groups is 1. The van der Waals surface area contributed by atoms with Crippen molar-refractivity contribution in [2.24, 2.45) is 5.92 Å². The number of hydrogen-bond donors (Lipinski definition) is 2. The monoisotopic (exact) mass is 338 g/mol. The quantitative estimate of drug-likeness (QED) is 0.812. The van der Waals surface area contributed by atoms with E-state index in [9.17, 15) is 4.79 Å². The number of rotatable bonds is 7. The van der Waals surface area contributed by atoms with Crippen molar-refractivity contribution in [3.63, 3.8) is 0 Å². The molecule has 2 aromatic rings. The van der Waals surface area contributed by atoms with E-state index < -0.39 is 0 Å². The summed E-state index contributed by atoms with van der Waals surface area (Å²) in [6, 6.07) is 14.4. The third-order valence-corrected chi connectivity index (χ3v) is 4.43. The minimum atomic E-state index is -0.0340. The summed E-state index contributed by atoms with van der Waals surface area (Å²) in [5.41, 5.74) is 1.23. The van der Waals surface area contributed by atoms with Gasteiger partial charge in [-0.2, -0.15) is 0 Å². The first kappa shape index (κ1) is 18.7. The van der Waals surface area contributed by atoms with Gasteiger partial charge in [0.15, 0.2) is 0 Å². The zero-order valence-corrected chi connectivity index (χ0v) is 14.5. The Morgan fingerprint density at radius 1 is 1.18 bits per heavy atom. The highest BCUT2D eigenvalue weighted by molar-refractivity contribution is 7.10. The van der Waals surface area contributed by atoms with E-state index in [1.807, 2.05) is 38.2 Å². The average Bonchev–Trinajstić information content (AvgIpc) is 3.02. The van der Waals surface area contributed by atoms with Crippen LogP contribution >= 0.6 is 23.7 Å². The lowest BCUT2D eigenvalue weighted by Crippen LogP contribution is -2.37. The van der Waals surface area contributed by atoms with Crippen LogP contribution in [0.2, 0.25) is 0 Å². The predicted octanol–water partition coefficient (Wildman–Crippen LogP) is 3.43. The van der Waals surface area contributed by atoms with Gasteiger partial charge in [0.1, 0.15) is 0 Å². The van der Waals surface area contributed by atoms with Crippen LogP contribution in [-0.2, 0) is 11.2 Å². The Hall–Kier alpha value is -1.36. The lowest BCUT2D eigenvalue weighted by molar-refractivity contribution is -0.125. The van der Waals surface area contributed by atoms with Crippen LogP contribution in [0.4, 0.5) is 0 Å². The summed E-state index contributed by atoms with van der Waals surface area (Å²) < 4.78 is 0. The Labute approximate surface area is 142 Å². The highest BCUT2D eigenvalue weighted by atomic mass is 35.5. The van der Waals surface area contributed by atoms with Gasteiger partial charge in [0.05, 0.1) is 6.04 Å². The van der Waals surface area contributed by atoms with Crippen LogP contribution in [0.3, 0.4) is 0 Å². The van der Waals surface area contributed by atoms with E-state index in [1.54, 1.807) is 11.3 Å². The number of benzene rings is 1. The first-order valence-electron chi connectivity index (χ1n) is 7.23. The van der Waals surface area contributed by atoms with E-state index in [1.165, 1.54) is 10.4 Å². The molecule has 22 heavy (non-hydrogen) atoms. The molecule has 2 rings (SSSR count). The van der Waals surface area contributed by atoms with Crippen molar-refractivity contribution >= 4 is 29.7 Å². The number of thiophene rings is 1. The molecular weight excluding hydrogens is 316 g/mol. The summed E-state index contributed by atoms with van der Waals surface area (Å²) in [5.74, 6) is 0.0620. The Balaban J connectivity index is 0.00000242. The molecule has 0 spiro atoms. The summed E-state index contributed by atoms with van der Waals surface area (Å²) in [5, 5.41) is 8.28. The molecule has 0 bridgehead atoms. The van der Waals surface area contributed by atoms with Crippen LogP contribution in [0, 0.1) is 5.92 Å². The second-order valence-corrected chi connectivity index (χ2v) is 6.20. The van der Waals surface area contributed by atoms with Crippen molar-refractivity contribution in [2.75, 3.05) is 13.6 Å². The minimum Gasteiger partial charge on any atom is -0.348 e. The number of nitrogens with one attached hydrogen (secondary N) is 2. The van der Waals surface area contributed by atoms with Gasteiger partial charge in [0.25, 0.3) is 0 Å². The zero-order valence-electron chi connectivity index (χ0n) is 12.9. The number of halogens is 1. The predicted molar refractivity (Wildman–Crippen MR) is 95.7 cm³/mol. The lowest BCUT2D eigenvalue weighted by atomic mass is 10.0. The first-order chi connectivity index (χ1) is 10.2. The molecule has 5 heteroatoms. The molecule has 1 aromatic carbocycles. The standard InChI is InChI=1S/C17H22N2OS.ClH/c1-13(12-18-2)17(20)19-15(16-9-6-10-21-16)11-14-7-4-3-5-8-14;/h3-10,13,15,18H,11-12H2,1-2H3,(H,19,20);1H. The minimum absolute atomic E-state index is 0. The van der Waals surface area contributed by atoms with Crippen LogP contribution in [0.1, 0.15) is 23.4 Å². The molecule has 0 aliphatic heterocycles. The van der Waals surface area contributed by atoms with Crippen molar-refractivity contribution < 1.29 is 4.79 Å². The number of amides is 1. The van der Waals surface area contributed by atoms with Gasteiger partial charge in [0.2, 0.25) is 5.91 Å². The van der Waals surface area contributed by atoms with E-state index in [0.29, 0.717) is 6.54 Å². The maximum Gasteiger partial charge on any atom is 0.224 e. The summed E-state index contributed by atoms with van der Waals surface area (Å²) >= 11 is 1.69. The Bertz CT molecular complexity index is 545. The van der Waals surface area contributed by atoms with Crippen LogP contribution < -0.4 is 10.6 Å². The highest BCUT2D eigenvalue weighted by Crippen LogP contribution is 2.23. The molecule has 2 atom stereocenters. The molecule has 0 aliphatic carbocycles. The van der Waals surface area contributed by atoms with Gasteiger partial charge < -0.3 is 10.6 Å². The van der Waals surface area contributed by atoms with Crippen molar-refractivity contribution in [1.29, 1.82) is 0 Å². The maximum atomic E-state index is 12.3. The summed E-state index contributed by atoms with van der Waals surface area (Å²) in [7, 11) is 1.87. The average molecular weight is 339 g/mol. The van der Waals surface area contributed by atoms with E-state index in [0.717, 1.165) is 6.42 Å². The van der Waals surface area contributed by atoms with E-state index in [-0.39, 0.29) is 30.3 Å². The lowest BCUT2D eigenvalue weighted by Gasteiger charge is -2.20. The summed E-state index contributed by atoms with van der Waals surface area (Å²) in [4.78, 5) is 13.5. The van der Waals surface area contributed by atoms with Gasteiger partial charge in [-0.3, -0.25) is 4.79 Å². The number of carbonyl (C=O) groups excluding carboxylic acids is 1. The molecule has 0 aliphatic rings. The molecule has 1 amide bonds. The normalized spacial score (nSPS) is 13.0. The molecule has 0 saturated carbocycles. The molecule has 1 aromatic heterocycles. The van der Waals surface area contributed by atoms with Gasteiger partial charge >= 0.3 is 0 Å². The fraction of sp³-hybridized carbons (Fsp3) is 0.353. The highest BCUT2D eigenvalue weighted by Gasteiger charge is 2.19. The van der Waals surface area contributed by atoms with E-state index >= 15 is 0 Å². The fourth-order valence-corrected chi connectivity index (χ4v) is 3.05. The first-order valence-corrected chi connectivity index (χ1v) is 8.11. The van der Waals surface area contributed by atoms with Gasteiger partial charge in [-0.25, -0.2) is 0 Å². The second-order valence-electron chi connectivity index (χ2n) is 5.23. The summed E-state index contributed by atoms with van der Waals surface area (Å²) in [6.07, 6.45) is 0.819. The van der Waals surface area contributed by atoms with Crippen LogP contribution in [-0.4, -0.2) is 19.5 Å². The third kappa shape index (κ3) is 5.44. The van der Waals surface area contributed by atoms with E-state index in [4.69, 9.17) is 0 Å². The van der Waals surface area contributed by atoms with Crippen LogP contribution in [0.25, 0.3) is 0 Å². The van der Waals surface area contributed by atoms with E-state index in [2.05, 4.69) is 34.2 Å². The van der Waals surface area contributed by atoms with Crippen LogP contribution in [0.5, 0.6) is 0 Å². The van der Waals surface area contributed by atoms with Crippen molar-refractivity contribution in [3.8, 4) is 0 Å². The fourth-order valence-electron chi connectivity index (χ4n) is 2.27. The largest absolute Gasteiger partial charge is 0.348 e. The Morgan fingerprint density at radius 3 is 2.50 bits per heavy atom. The van der Waals surface area contributed by atoms with Crippen LogP contribution in [0.15, 0.2) is 47.8 Å². The van der Waals surface area contributed by atoms with Gasteiger partial charge in [-0.05, 0) is 30.5 Å². The maximum absolute atomic E-state index is 12.3. The molecule has 3 nitrogen and oxygen atoms in total. The topological polar surface area (TPSA) is 41.1 Å².